The highest BCUT2D eigenvalue weighted by molar-refractivity contribution is 14.1. The van der Waals surface area contributed by atoms with E-state index in [4.69, 9.17) is 14.2 Å². The van der Waals surface area contributed by atoms with E-state index in [1.54, 1.807) is 50.4 Å². The quantitative estimate of drug-likeness (QED) is 0.145. The number of amidine groups is 1. The molecule has 0 N–H and O–H groups in total. The van der Waals surface area contributed by atoms with Crippen LogP contribution in [0.2, 0.25) is 0 Å². The fraction of sp³-hybridized carbons (Fsp3) is 0.200. The van der Waals surface area contributed by atoms with Crippen molar-refractivity contribution in [2.75, 3.05) is 20.3 Å². The average Bonchev–Trinajstić information content (AvgIpc) is 3.21. The largest absolute Gasteiger partial charge is 0.490 e. The number of hydrogen-bond acceptors (Lipinski definition) is 8. The van der Waals surface area contributed by atoms with E-state index in [0.29, 0.717) is 51.6 Å². The van der Waals surface area contributed by atoms with Crippen molar-refractivity contribution >= 4 is 63.2 Å². The number of halogens is 1. The zero-order valence-electron chi connectivity index (χ0n) is 22.1. The van der Waals surface area contributed by atoms with Crippen LogP contribution in [0.5, 0.6) is 11.5 Å². The number of benzene rings is 3. The number of esters is 1. The summed E-state index contributed by atoms with van der Waals surface area (Å²) < 4.78 is 17.8. The number of aliphatic imine (C=N–C) groups is 1. The van der Waals surface area contributed by atoms with Crippen molar-refractivity contribution in [1.82, 2.24) is 4.90 Å². The second-order valence-corrected chi connectivity index (χ2v) is 10.6. The molecule has 1 heterocycles. The molecule has 3 aromatic rings. The highest BCUT2D eigenvalue weighted by Gasteiger charge is 2.30. The van der Waals surface area contributed by atoms with Crippen LogP contribution in [-0.2, 0) is 16.1 Å². The number of thioether (sulfide) groups is 1. The first-order valence-electron chi connectivity index (χ1n) is 12.4. The Bertz CT molecular complexity index is 1530. The van der Waals surface area contributed by atoms with Gasteiger partial charge in [-0.05, 0) is 102 Å². The Morgan fingerprint density at radius 1 is 1.10 bits per heavy atom. The van der Waals surface area contributed by atoms with E-state index in [-0.39, 0.29) is 18.5 Å². The van der Waals surface area contributed by atoms with Crippen LogP contribution in [0.4, 0.5) is 5.69 Å². The zero-order chi connectivity index (χ0) is 28.6. The van der Waals surface area contributed by atoms with Crippen molar-refractivity contribution in [3.63, 3.8) is 0 Å². The van der Waals surface area contributed by atoms with Gasteiger partial charge in [0.1, 0.15) is 6.61 Å². The number of likely N-dealkylation sites (N-methyl/N-ethyl adjacent to an activating group) is 1. The standard InChI is InChI=1S/C30H26IN3O5S/c1-4-37-25-15-19(14-24(31)27(25)39-18-22-9-7-6-8-21(22)17-32)16-26-28(35)34(3)30(40-26)33-23-12-10-20(11-13-23)29(36)38-5-2/h6-16H,4-5,18H2,1-3H3. The van der Waals surface area contributed by atoms with E-state index in [9.17, 15) is 14.9 Å². The molecule has 0 aliphatic carbocycles. The minimum Gasteiger partial charge on any atom is -0.490 e. The first kappa shape index (κ1) is 29.2. The van der Waals surface area contributed by atoms with Crippen molar-refractivity contribution in [1.29, 1.82) is 5.26 Å². The smallest absolute Gasteiger partial charge is 0.338 e. The Hall–Kier alpha value is -3.82. The Morgan fingerprint density at radius 2 is 1.85 bits per heavy atom. The summed E-state index contributed by atoms with van der Waals surface area (Å²) in [6.07, 6.45) is 1.80. The van der Waals surface area contributed by atoms with Gasteiger partial charge in [0.2, 0.25) is 0 Å². The molecule has 0 bridgehead atoms. The molecule has 0 unspecified atom stereocenters. The summed E-state index contributed by atoms with van der Waals surface area (Å²) in [5.41, 5.74) is 3.18. The summed E-state index contributed by atoms with van der Waals surface area (Å²) >= 11 is 3.45. The molecule has 1 aliphatic heterocycles. The van der Waals surface area contributed by atoms with Gasteiger partial charge < -0.3 is 14.2 Å². The summed E-state index contributed by atoms with van der Waals surface area (Å²) in [7, 11) is 1.67. The maximum absolute atomic E-state index is 13.0. The predicted molar refractivity (Wildman–Crippen MR) is 164 cm³/mol. The summed E-state index contributed by atoms with van der Waals surface area (Å²) in [6.45, 7) is 4.61. The van der Waals surface area contributed by atoms with Crippen LogP contribution in [0.25, 0.3) is 6.08 Å². The van der Waals surface area contributed by atoms with Gasteiger partial charge in [-0.3, -0.25) is 9.69 Å². The van der Waals surface area contributed by atoms with Crippen LogP contribution in [0, 0.1) is 14.9 Å². The molecule has 1 amide bonds. The maximum Gasteiger partial charge on any atom is 0.338 e. The third-order valence-corrected chi connectivity index (χ3v) is 7.61. The fourth-order valence-electron chi connectivity index (χ4n) is 3.78. The number of ether oxygens (including phenoxy) is 3. The molecule has 1 fully saturated rings. The van der Waals surface area contributed by atoms with Gasteiger partial charge in [0, 0.05) is 12.6 Å². The number of nitriles is 1. The number of amides is 1. The molecule has 0 aromatic heterocycles. The van der Waals surface area contributed by atoms with Gasteiger partial charge in [-0.1, -0.05) is 18.2 Å². The summed E-state index contributed by atoms with van der Waals surface area (Å²) in [5.74, 6) is 0.565. The number of rotatable bonds is 9. The van der Waals surface area contributed by atoms with Crippen LogP contribution >= 0.6 is 34.4 Å². The van der Waals surface area contributed by atoms with Crippen molar-refractivity contribution in [2.45, 2.75) is 20.5 Å². The summed E-state index contributed by atoms with van der Waals surface area (Å²) in [6, 6.07) is 20.0. The first-order chi connectivity index (χ1) is 19.3. The lowest BCUT2D eigenvalue weighted by molar-refractivity contribution is -0.121. The topological polar surface area (TPSA) is 101 Å². The van der Waals surface area contributed by atoms with E-state index in [1.165, 1.54) is 16.7 Å². The average molecular weight is 668 g/mol. The molecule has 1 saturated heterocycles. The van der Waals surface area contributed by atoms with Gasteiger partial charge in [0.25, 0.3) is 5.91 Å². The summed E-state index contributed by atoms with van der Waals surface area (Å²) in [5, 5.41) is 9.90. The lowest BCUT2D eigenvalue weighted by atomic mass is 10.1. The second kappa shape index (κ2) is 13.5. The van der Waals surface area contributed by atoms with Gasteiger partial charge in [0.05, 0.1) is 44.6 Å². The number of carbonyl (C=O) groups is 2. The minimum atomic E-state index is -0.390. The van der Waals surface area contributed by atoms with Crippen LogP contribution in [0.15, 0.2) is 70.6 Å². The Labute approximate surface area is 250 Å². The highest BCUT2D eigenvalue weighted by atomic mass is 127. The molecular formula is C30H26IN3O5S. The molecule has 40 heavy (non-hydrogen) atoms. The van der Waals surface area contributed by atoms with Crippen LogP contribution in [0.1, 0.15) is 40.9 Å². The molecule has 1 aliphatic rings. The van der Waals surface area contributed by atoms with E-state index >= 15 is 0 Å². The van der Waals surface area contributed by atoms with Crippen LogP contribution < -0.4 is 9.47 Å². The zero-order valence-corrected chi connectivity index (χ0v) is 25.1. The first-order valence-corrected chi connectivity index (χ1v) is 14.3. The van der Waals surface area contributed by atoms with Gasteiger partial charge in [-0.15, -0.1) is 0 Å². The third kappa shape index (κ3) is 6.84. The monoisotopic (exact) mass is 667 g/mol. The molecule has 10 heteroatoms. The van der Waals surface area contributed by atoms with Crippen molar-refractivity contribution in [3.05, 3.63) is 91.4 Å². The maximum atomic E-state index is 13.0. The Morgan fingerprint density at radius 3 is 2.55 bits per heavy atom. The molecule has 0 radical (unpaired) electrons. The van der Waals surface area contributed by atoms with Crippen molar-refractivity contribution in [3.8, 4) is 17.6 Å². The van der Waals surface area contributed by atoms with E-state index < -0.39 is 0 Å². The molecule has 3 aromatic carbocycles. The Balaban J connectivity index is 1.56. The van der Waals surface area contributed by atoms with E-state index in [0.717, 1.165) is 14.7 Å². The molecule has 0 spiro atoms. The third-order valence-electron chi connectivity index (χ3n) is 5.75. The predicted octanol–water partition coefficient (Wildman–Crippen LogP) is 6.55. The molecular weight excluding hydrogens is 641 g/mol. The molecule has 0 saturated carbocycles. The number of carbonyl (C=O) groups excluding carboxylic acids is 2. The number of hydrogen-bond donors (Lipinski definition) is 0. The highest BCUT2D eigenvalue weighted by Crippen LogP contribution is 2.38. The van der Waals surface area contributed by atoms with Gasteiger partial charge in [0.15, 0.2) is 16.7 Å². The van der Waals surface area contributed by atoms with Gasteiger partial charge >= 0.3 is 5.97 Å². The fourth-order valence-corrected chi connectivity index (χ4v) is 5.55. The van der Waals surface area contributed by atoms with Crippen molar-refractivity contribution < 1.29 is 23.8 Å². The van der Waals surface area contributed by atoms with Crippen LogP contribution in [0.3, 0.4) is 0 Å². The molecule has 0 atom stereocenters. The van der Waals surface area contributed by atoms with E-state index in [1.807, 2.05) is 37.3 Å². The van der Waals surface area contributed by atoms with Gasteiger partial charge in [-0.2, -0.15) is 5.26 Å². The minimum absolute atomic E-state index is 0.173. The SMILES string of the molecule is CCOC(=O)c1ccc(N=C2SC(=Cc3cc(I)c(OCc4ccccc4C#N)c(OCC)c3)C(=O)N2C)cc1. The second-order valence-electron chi connectivity index (χ2n) is 8.46. The van der Waals surface area contributed by atoms with E-state index in [2.05, 4.69) is 33.7 Å². The van der Waals surface area contributed by atoms with Gasteiger partial charge in [-0.25, -0.2) is 9.79 Å². The lowest BCUT2D eigenvalue weighted by Crippen LogP contribution is -2.23. The summed E-state index contributed by atoms with van der Waals surface area (Å²) in [4.78, 5) is 31.5. The normalized spacial score (nSPS) is 14.9. The molecule has 204 valence electrons. The lowest BCUT2D eigenvalue weighted by Gasteiger charge is -2.15. The Kier molecular flexibility index (Phi) is 9.84. The van der Waals surface area contributed by atoms with Crippen LogP contribution in [-0.4, -0.2) is 42.2 Å². The van der Waals surface area contributed by atoms with Crippen molar-refractivity contribution in [2.24, 2.45) is 4.99 Å². The molecule has 4 rings (SSSR count). The molecule has 8 nitrogen and oxygen atoms in total. The number of nitrogens with zero attached hydrogens (tertiary/aromatic N) is 3.